The summed E-state index contributed by atoms with van der Waals surface area (Å²) in [7, 11) is 0. The molecule has 3 aromatic carbocycles. The molecule has 0 unspecified atom stereocenters. The molecule has 4 rings (SSSR count). The summed E-state index contributed by atoms with van der Waals surface area (Å²) in [6.45, 7) is 5.20. The number of fused-ring (bicyclic) bond motifs is 2. The first-order valence-electron chi connectivity index (χ1n) is 11.2. The summed E-state index contributed by atoms with van der Waals surface area (Å²) in [5.74, 6) is -3.17. The number of aromatic carboxylic acids is 1. The van der Waals surface area contributed by atoms with Gasteiger partial charge in [-0.05, 0) is 37.3 Å². The minimum absolute atomic E-state index is 0.0151. The van der Waals surface area contributed by atoms with Crippen LogP contribution in [-0.2, 0) is 4.79 Å². The van der Waals surface area contributed by atoms with Crippen molar-refractivity contribution in [2.75, 3.05) is 10.6 Å². The van der Waals surface area contributed by atoms with Crippen LogP contribution in [0.2, 0.25) is 0 Å². The summed E-state index contributed by atoms with van der Waals surface area (Å²) in [6, 6.07) is 15.7. The average molecular weight is 495 g/mol. The van der Waals surface area contributed by atoms with Gasteiger partial charge in [-0.25, -0.2) is 9.59 Å². The van der Waals surface area contributed by atoms with E-state index in [1.807, 2.05) is 0 Å². The molecule has 37 heavy (non-hydrogen) atoms. The van der Waals surface area contributed by atoms with Crippen molar-refractivity contribution in [3.63, 3.8) is 0 Å². The van der Waals surface area contributed by atoms with Crippen molar-refractivity contribution in [3.05, 3.63) is 125 Å². The number of aliphatic carboxylic acids is 1. The lowest BCUT2D eigenvalue weighted by Crippen LogP contribution is -2.24. The number of nitrogens with one attached hydrogen (secondary N) is 2. The second-order valence-electron chi connectivity index (χ2n) is 8.04. The Morgan fingerprint density at radius 3 is 1.95 bits per heavy atom. The molecule has 1 aliphatic carbocycles. The van der Waals surface area contributed by atoms with E-state index in [-0.39, 0.29) is 50.5 Å². The van der Waals surface area contributed by atoms with E-state index in [0.717, 1.165) is 0 Å². The molecule has 0 fully saturated rings. The summed E-state index contributed by atoms with van der Waals surface area (Å²) in [5.41, 5.74) is 1.53. The molecule has 0 aliphatic heterocycles. The van der Waals surface area contributed by atoms with Gasteiger partial charge in [0, 0.05) is 11.1 Å². The van der Waals surface area contributed by atoms with Gasteiger partial charge in [-0.3, -0.25) is 9.59 Å². The molecule has 0 heterocycles. The van der Waals surface area contributed by atoms with Crippen LogP contribution in [0, 0.1) is 0 Å². The third kappa shape index (κ3) is 4.55. The summed E-state index contributed by atoms with van der Waals surface area (Å²) < 4.78 is 0. The van der Waals surface area contributed by atoms with E-state index < -0.39 is 23.5 Å². The lowest BCUT2D eigenvalue weighted by atomic mass is 9.82. The van der Waals surface area contributed by atoms with E-state index in [2.05, 4.69) is 17.2 Å². The summed E-state index contributed by atoms with van der Waals surface area (Å²) in [4.78, 5) is 50.7. The highest BCUT2D eigenvalue weighted by atomic mass is 16.4. The Hall–Kier alpha value is -5.24. The number of carboxylic acids is 2. The van der Waals surface area contributed by atoms with E-state index in [9.17, 15) is 29.4 Å². The Morgan fingerprint density at radius 1 is 0.811 bits per heavy atom. The molecular weight excluding hydrogens is 472 g/mol. The Morgan fingerprint density at radius 2 is 1.38 bits per heavy atom. The molecule has 0 aromatic heterocycles. The number of benzene rings is 3. The van der Waals surface area contributed by atoms with Gasteiger partial charge >= 0.3 is 11.9 Å². The molecule has 8 heteroatoms. The summed E-state index contributed by atoms with van der Waals surface area (Å²) >= 11 is 0. The highest BCUT2D eigenvalue weighted by Gasteiger charge is 2.34. The second-order valence-corrected chi connectivity index (χ2v) is 8.04. The van der Waals surface area contributed by atoms with E-state index >= 15 is 0 Å². The van der Waals surface area contributed by atoms with Crippen molar-refractivity contribution in [1.82, 2.24) is 0 Å². The largest absolute Gasteiger partial charge is 0.478 e. The molecule has 0 saturated heterocycles. The van der Waals surface area contributed by atoms with Gasteiger partial charge in [0.1, 0.15) is 0 Å². The molecule has 3 aromatic rings. The van der Waals surface area contributed by atoms with Crippen LogP contribution < -0.4 is 10.6 Å². The second kappa shape index (κ2) is 10.2. The molecule has 0 amide bonds. The van der Waals surface area contributed by atoms with Gasteiger partial charge < -0.3 is 20.8 Å². The number of carbonyl (C=O) groups is 4. The Labute approximate surface area is 212 Å². The molecular formula is C29H22N2O6. The van der Waals surface area contributed by atoms with E-state index in [0.29, 0.717) is 5.69 Å². The first kappa shape index (κ1) is 24.9. The number of carboxylic acid groups (broad SMARTS) is 2. The lowest BCUT2D eigenvalue weighted by molar-refractivity contribution is -0.132. The molecule has 4 N–H and O–H groups in total. The summed E-state index contributed by atoms with van der Waals surface area (Å²) in [6.07, 6.45) is 4.29. The smallest absolute Gasteiger partial charge is 0.337 e. The van der Waals surface area contributed by atoms with Crippen molar-refractivity contribution in [2.45, 2.75) is 6.92 Å². The summed E-state index contributed by atoms with van der Waals surface area (Å²) in [5, 5.41) is 25.1. The average Bonchev–Trinajstić information content (AvgIpc) is 2.87. The van der Waals surface area contributed by atoms with E-state index in [1.54, 1.807) is 49.4 Å². The SMILES string of the molecule is C=C/C=C(Nc1cccc2c1C(=O)c1cccc(Nc3ccccc3C(=O)O)c1C2=O)\C(=C/C)C(=O)O. The van der Waals surface area contributed by atoms with Crippen molar-refractivity contribution < 1.29 is 29.4 Å². The van der Waals surface area contributed by atoms with Crippen molar-refractivity contribution >= 4 is 40.6 Å². The fourth-order valence-corrected chi connectivity index (χ4v) is 4.23. The quantitative estimate of drug-likeness (QED) is 0.189. The van der Waals surface area contributed by atoms with Crippen LogP contribution >= 0.6 is 0 Å². The van der Waals surface area contributed by atoms with Crippen molar-refractivity contribution in [1.29, 1.82) is 0 Å². The topological polar surface area (TPSA) is 133 Å². The van der Waals surface area contributed by atoms with Crippen LogP contribution in [-0.4, -0.2) is 33.7 Å². The fourth-order valence-electron chi connectivity index (χ4n) is 4.23. The zero-order valence-electron chi connectivity index (χ0n) is 19.7. The van der Waals surface area contributed by atoms with Crippen LogP contribution in [0.15, 0.2) is 96.7 Å². The standard InChI is InChI=1S/C29H22N2O6/c1-3-9-20(16(4-2)28(34)35)30-22-14-7-11-18-24(22)26(32)19-12-8-15-23(25(19)27(18)33)31-21-13-6-5-10-17(21)29(36)37/h3-15,30-31H,1H2,2H3,(H,34,35)(H,36,37)/b16-4+,20-9+. The number of para-hydroxylation sites is 1. The molecule has 0 atom stereocenters. The van der Waals surface area contributed by atoms with E-state index in [4.69, 9.17) is 0 Å². The Bertz CT molecular complexity index is 1550. The Balaban J connectivity index is 1.81. The number of rotatable bonds is 8. The van der Waals surface area contributed by atoms with Crippen molar-refractivity contribution in [3.8, 4) is 0 Å². The number of hydrogen-bond acceptors (Lipinski definition) is 6. The Kier molecular flexibility index (Phi) is 6.84. The van der Waals surface area contributed by atoms with Gasteiger partial charge in [0.2, 0.25) is 0 Å². The van der Waals surface area contributed by atoms with Crippen LogP contribution in [0.5, 0.6) is 0 Å². The van der Waals surface area contributed by atoms with Crippen LogP contribution in [0.4, 0.5) is 17.1 Å². The van der Waals surface area contributed by atoms with Crippen LogP contribution in [0.1, 0.15) is 49.1 Å². The maximum Gasteiger partial charge on any atom is 0.337 e. The number of allylic oxidation sites excluding steroid dienone is 3. The normalized spacial score (nSPS) is 12.9. The number of carbonyl (C=O) groups excluding carboxylic acids is 2. The molecule has 184 valence electrons. The highest BCUT2D eigenvalue weighted by Crippen LogP contribution is 2.37. The number of hydrogen-bond donors (Lipinski definition) is 4. The van der Waals surface area contributed by atoms with Gasteiger partial charge in [0.05, 0.1) is 45.0 Å². The predicted octanol–water partition coefficient (Wildman–Crippen LogP) is 5.42. The minimum Gasteiger partial charge on any atom is -0.478 e. The van der Waals surface area contributed by atoms with Crippen LogP contribution in [0.3, 0.4) is 0 Å². The van der Waals surface area contributed by atoms with Gasteiger partial charge in [-0.2, -0.15) is 0 Å². The molecule has 0 spiro atoms. The van der Waals surface area contributed by atoms with Crippen LogP contribution in [0.25, 0.3) is 0 Å². The number of ketones is 2. The fraction of sp³-hybridized carbons (Fsp3) is 0.0345. The first-order chi connectivity index (χ1) is 17.8. The predicted molar refractivity (Wildman–Crippen MR) is 140 cm³/mol. The molecule has 8 nitrogen and oxygen atoms in total. The zero-order valence-corrected chi connectivity index (χ0v) is 19.7. The molecule has 0 radical (unpaired) electrons. The number of anilines is 3. The zero-order chi connectivity index (χ0) is 26.7. The van der Waals surface area contributed by atoms with Gasteiger partial charge in [0.25, 0.3) is 0 Å². The monoisotopic (exact) mass is 494 g/mol. The van der Waals surface area contributed by atoms with E-state index in [1.165, 1.54) is 36.4 Å². The van der Waals surface area contributed by atoms with Gasteiger partial charge in [-0.15, -0.1) is 0 Å². The maximum absolute atomic E-state index is 13.7. The first-order valence-corrected chi connectivity index (χ1v) is 11.2. The lowest BCUT2D eigenvalue weighted by Gasteiger charge is -2.24. The van der Waals surface area contributed by atoms with Crippen molar-refractivity contribution in [2.24, 2.45) is 0 Å². The molecule has 1 aliphatic rings. The highest BCUT2D eigenvalue weighted by molar-refractivity contribution is 6.32. The van der Waals surface area contributed by atoms with Gasteiger partial charge in [-0.1, -0.05) is 55.1 Å². The van der Waals surface area contributed by atoms with Gasteiger partial charge in [0.15, 0.2) is 11.6 Å². The molecule has 0 saturated carbocycles. The third-order valence-electron chi connectivity index (χ3n) is 5.86. The molecule has 0 bridgehead atoms. The minimum atomic E-state index is -1.17. The maximum atomic E-state index is 13.7. The third-order valence-corrected chi connectivity index (χ3v) is 5.86.